The molecule has 0 amide bonds. The van der Waals surface area contributed by atoms with Crippen LogP contribution in [-0.4, -0.2) is 23.4 Å². The topological polar surface area (TPSA) is 40.5 Å². The molecular formula is C17H26O2Si. The fourth-order valence-corrected chi connectivity index (χ4v) is 8.50. The second-order valence-electron chi connectivity index (χ2n) is 7.79. The molecule has 2 N–H and O–H groups in total. The maximum absolute atomic E-state index is 11.6. The van der Waals surface area contributed by atoms with Gasteiger partial charge in [-0.25, -0.2) is 0 Å². The molecule has 0 saturated heterocycles. The third-order valence-electron chi connectivity index (χ3n) is 7.03. The molecule has 0 radical (unpaired) electrons. The van der Waals surface area contributed by atoms with Crippen molar-refractivity contribution in [1.82, 2.24) is 0 Å². The van der Waals surface area contributed by atoms with E-state index in [4.69, 9.17) is 0 Å². The van der Waals surface area contributed by atoms with Gasteiger partial charge in [-0.2, -0.15) is 0 Å². The standard InChI is InChI=1S/C17H26O2Si/c1-15(2)13-10-11-16(15,3)17(18,12-13)20(4,19)14-8-6-5-7-9-14/h5-9,13,18-19H,10-12H2,1-4H3/t13-,16-,17+,20?/m1/s1. The molecule has 2 fully saturated rings. The fraction of sp³-hybridized carbons (Fsp3) is 0.647. The molecule has 110 valence electrons. The molecule has 2 aliphatic carbocycles. The second-order valence-corrected chi connectivity index (χ2v) is 11.3. The summed E-state index contributed by atoms with van der Waals surface area (Å²) in [5.74, 6) is 0.528. The van der Waals surface area contributed by atoms with Gasteiger partial charge in [0.25, 0.3) is 0 Å². The van der Waals surface area contributed by atoms with Gasteiger partial charge < -0.3 is 9.90 Å². The van der Waals surface area contributed by atoms with E-state index < -0.39 is 13.5 Å². The zero-order chi connectivity index (χ0) is 14.8. The molecule has 3 heteroatoms. The smallest absolute Gasteiger partial charge is 0.249 e. The lowest BCUT2D eigenvalue weighted by Gasteiger charge is -2.51. The Hall–Kier alpha value is -0.643. The van der Waals surface area contributed by atoms with Gasteiger partial charge in [0.15, 0.2) is 0 Å². The maximum atomic E-state index is 11.6. The number of benzene rings is 1. The van der Waals surface area contributed by atoms with E-state index in [1.54, 1.807) is 0 Å². The summed E-state index contributed by atoms with van der Waals surface area (Å²) in [6.07, 6.45) is 2.97. The van der Waals surface area contributed by atoms with E-state index in [-0.39, 0.29) is 10.8 Å². The first-order valence-corrected chi connectivity index (χ1v) is 10.1. The molecule has 0 spiro atoms. The van der Waals surface area contributed by atoms with E-state index in [0.717, 1.165) is 18.0 Å². The number of rotatable bonds is 2. The molecule has 1 aromatic rings. The Bertz CT molecular complexity index is 525. The highest BCUT2D eigenvalue weighted by molar-refractivity contribution is 6.87. The van der Waals surface area contributed by atoms with Gasteiger partial charge in [0.05, 0.1) is 5.22 Å². The van der Waals surface area contributed by atoms with Crippen LogP contribution >= 0.6 is 0 Å². The minimum atomic E-state index is -2.93. The van der Waals surface area contributed by atoms with Crippen molar-refractivity contribution < 1.29 is 9.90 Å². The zero-order valence-electron chi connectivity index (χ0n) is 13.0. The van der Waals surface area contributed by atoms with Gasteiger partial charge in [0.1, 0.15) is 0 Å². The summed E-state index contributed by atoms with van der Waals surface area (Å²) in [4.78, 5) is 11.4. The lowest BCUT2D eigenvalue weighted by atomic mass is 9.69. The minimum absolute atomic E-state index is 0.105. The summed E-state index contributed by atoms with van der Waals surface area (Å²) in [5.41, 5.74) is -0.0796. The van der Waals surface area contributed by atoms with Crippen molar-refractivity contribution in [2.45, 2.75) is 51.8 Å². The molecule has 2 bridgehead atoms. The zero-order valence-corrected chi connectivity index (χ0v) is 14.0. The van der Waals surface area contributed by atoms with Gasteiger partial charge in [-0.05, 0) is 42.3 Å². The van der Waals surface area contributed by atoms with Crippen molar-refractivity contribution in [2.24, 2.45) is 16.7 Å². The number of hydrogen-bond donors (Lipinski definition) is 2. The highest BCUT2D eigenvalue weighted by atomic mass is 28.4. The third kappa shape index (κ3) is 1.41. The summed E-state index contributed by atoms with van der Waals surface area (Å²) in [5, 5.41) is 11.6. The molecule has 1 aromatic carbocycles. The molecule has 0 aromatic heterocycles. The molecule has 3 rings (SSSR count). The largest absolute Gasteiger partial charge is 0.425 e. The predicted octanol–water partition coefficient (Wildman–Crippen LogP) is 2.58. The average Bonchev–Trinajstić information content (AvgIpc) is 2.72. The van der Waals surface area contributed by atoms with E-state index in [0.29, 0.717) is 5.92 Å². The van der Waals surface area contributed by atoms with Crippen LogP contribution in [0.1, 0.15) is 40.0 Å². The molecule has 1 unspecified atom stereocenters. The fourth-order valence-electron chi connectivity index (χ4n) is 5.01. The third-order valence-corrected chi connectivity index (χ3v) is 10.9. The summed E-state index contributed by atoms with van der Waals surface area (Å²) in [7, 11) is -2.93. The highest BCUT2D eigenvalue weighted by Gasteiger charge is 2.74. The van der Waals surface area contributed by atoms with E-state index >= 15 is 0 Å². The van der Waals surface area contributed by atoms with Crippen LogP contribution in [0.15, 0.2) is 30.3 Å². The second kappa shape index (κ2) is 3.96. The molecule has 2 nitrogen and oxygen atoms in total. The summed E-state index contributed by atoms with van der Waals surface area (Å²) in [6, 6.07) is 9.84. The van der Waals surface area contributed by atoms with Crippen molar-refractivity contribution in [1.29, 1.82) is 0 Å². The van der Waals surface area contributed by atoms with Gasteiger partial charge in [0, 0.05) is 5.41 Å². The molecule has 20 heavy (non-hydrogen) atoms. The van der Waals surface area contributed by atoms with Crippen molar-refractivity contribution in [3.05, 3.63) is 30.3 Å². The minimum Gasteiger partial charge on any atom is -0.425 e. The van der Waals surface area contributed by atoms with E-state index in [2.05, 4.69) is 20.8 Å². The maximum Gasteiger partial charge on any atom is 0.249 e. The van der Waals surface area contributed by atoms with Crippen LogP contribution in [0.2, 0.25) is 6.55 Å². The molecule has 2 saturated carbocycles. The summed E-state index contributed by atoms with van der Waals surface area (Å²) < 4.78 is 0. The van der Waals surface area contributed by atoms with E-state index in [9.17, 15) is 9.90 Å². The van der Waals surface area contributed by atoms with Crippen molar-refractivity contribution >= 4 is 13.5 Å². The van der Waals surface area contributed by atoms with E-state index in [1.807, 2.05) is 36.9 Å². The van der Waals surface area contributed by atoms with Gasteiger partial charge in [0.2, 0.25) is 8.32 Å². The first-order chi connectivity index (χ1) is 9.17. The lowest BCUT2D eigenvalue weighted by molar-refractivity contribution is -0.0409. The number of aliphatic hydroxyl groups is 1. The Balaban J connectivity index is 2.11. The summed E-state index contributed by atoms with van der Waals surface area (Å²) >= 11 is 0. The number of fused-ring (bicyclic) bond motifs is 2. The van der Waals surface area contributed by atoms with Crippen LogP contribution in [0.3, 0.4) is 0 Å². The van der Waals surface area contributed by atoms with Crippen molar-refractivity contribution in [3.8, 4) is 0 Å². The molecular weight excluding hydrogens is 264 g/mol. The normalized spacial score (nSPS) is 41.6. The lowest BCUT2D eigenvalue weighted by Crippen LogP contribution is -2.70. The quantitative estimate of drug-likeness (QED) is 0.822. The van der Waals surface area contributed by atoms with E-state index in [1.165, 1.54) is 6.42 Å². The van der Waals surface area contributed by atoms with Crippen LogP contribution in [0, 0.1) is 16.7 Å². The van der Waals surface area contributed by atoms with Gasteiger partial charge in [-0.15, -0.1) is 0 Å². The van der Waals surface area contributed by atoms with Crippen LogP contribution in [0.4, 0.5) is 0 Å². The van der Waals surface area contributed by atoms with Gasteiger partial charge in [-0.1, -0.05) is 51.1 Å². The van der Waals surface area contributed by atoms with Crippen LogP contribution in [-0.2, 0) is 0 Å². The molecule has 0 heterocycles. The number of hydrogen-bond acceptors (Lipinski definition) is 2. The summed E-state index contributed by atoms with van der Waals surface area (Å²) in [6.45, 7) is 8.67. The Morgan fingerprint density at radius 3 is 2.20 bits per heavy atom. The van der Waals surface area contributed by atoms with Crippen molar-refractivity contribution in [3.63, 3.8) is 0 Å². The molecule has 2 aliphatic rings. The molecule has 4 atom stereocenters. The van der Waals surface area contributed by atoms with Crippen LogP contribution in [0.5, 0.6) is 0 Å². The first kappa shape index (κ1) is 14.3. The highest BCUT2D eigenvalue weighted by Crippen LogP contribution is 2.71. The Morgan fingerprint density at radius 2 is 1.75 bits per heavy atom. The molecule has 0 aliphatic heterocycles. The Kier molecular flexibility index (Phi) is 2.83. The Morgan fingerprint density at radius 1 is 1.15 bits per heavy atom. The van der Waals surface area contributed by atoms with Gasteiger partial charge >= 0.3 is 0 Å². The van der Waals surface area contributed by atoms with Crippen LogP contribution < -0.4 is 5.19 Å². The monoisotopic (exact) mass is 290 g/mol. The Labute approximate surface area is 123 Å². The van der Waals surface area contributed by atoms with Crippen molar-refractivity contribution in [2.75, 3.05) is 0 Å². The first-order valence-electron chi connectivity index (χ1n) is 7.67. The van der Waals surface area contributed by atoms with Crippen LogP contribution in [0.25, 0.3) is 0 Å². The average molecular weight is 290 g/mol. The predicted molar refractivity (Wildman–Crippen MR) is 84.1 cm³/mol. The SMILES string of the molecule is CC1(C)[C@@H]2CC[C@@]1(C)[C@@](O)([Si](C)(O)c1ccccc1)C2. The van der Waals surface area contributed by atoms with Gasteiger partial charge in [-0.3, -0.25) is 0 Å².